The van der Waals surface area contributed by atoms with Gasteiger partial charge in [-0.3, -0.25) is 9.78 Å². The fourth-order valence-corrected chi connectivity index (χ4v) is 3.47. The summed E-state index contributed by atoms with van der Waals surface area (Å²) in [6, 6.07) is 2.51. The van der Waals surface area contributed by atoms with Crippen LogP contribution in [0.5, 0.6) is 0 Å². The molecule has 0 unspecified atom stereocenters. The van der Waals surface area contributed by atoms with Crippen LogP contribution in [0.15, 0.2) is 24.4 Å². The minimum absolute atomic E-state index is 0.1000. The van der Waals surface area contributed by atoms with Crippen molar-refractivity contribution in [2.24, 2.45) is 5.73 Å². The van der Waals surface area contributed by atoms with E-state index in [0.29, 0.717) is 38.4 Å². The number of nitrogens with one attached hydrogen (secondary N) is 3. The van der Waals surface area contributed by atoms with Gasteiger partial charge in [0.05, 0.1) is 24.1 Å². The maximum atomic E-state index is 14.3. The first-order chi connectivity index (χ1) is 14.5. The molecule has 30 heavy (non-hydrogen) atoms. The Morgan fingerprint density at radius 1 is 1.57 bits per heavy atom. The number of amides is 1. The van der Waals surface area contributed by atoms with Gasteiger partial charge in [0.1, 0.15) is 11.8 Å². The van der Waals surface area contributed by atoms with E-state index in [1.165, 1.54) is 18.3 Å². The lowest BCUT2D eigenvalue weighted by atomic mass is 10.1. The van der Waals surface area contributed by atoms with E-state index in [1.54, 1.807) is 11.0 Å². The molecule has 2 fully saturated rings. The molecule has 1 saturated carbocycles. The Morgan fingerprint density at radius 2 is 2.37 bits per heavy atom. The Kier molecular flexibility index (Phi) is 7.89. The van der Waals surface area contributed by atoms with Gasteiger partial charge in [-0.15, -0.1) is 0 Å². The smallest absolute Gasteiger partial charge is 0.253 e. The van der Waals surface area contributed by atoms with Crippen molar-refractivity contribution in [1.82, 2.24) is 20.5 Å². The third kappa shape index (κ3) is 5.62. The van der Waals surface area contributed by atoms with E-state index in [0.717, 1.165) is 19.4 Å². The number of nitrogens with two attached hydrogens (primary N) is 1. The molecular formula is C21H31FN6O2. The molecule has 2 atom stereocenters. The standard InChI is InChI=1S/C21H31FN6O2/c1-14(28(15-5-6-15)21(29)19-13-25-10-11-30-19)17(24)12-18(26-9-3-7-23)20-16(22)4-2-8-27-20/h2,4,8,12,14-15,19,24-26H,3,5-7,9-11,13,23H2,1H3/b18-12-,24-17?/t14-,19-/m1/s1. The van der Waals surface area contributed by atoms with Gasteiger partial charge in [-0.25, -0.2) is 4.39 Å². The fourth-order valence-electron chi connectivity index (χ4n) is 3.47. The number of ether oxygens (including phenoxy) is 1. The number of nitrogens with zero attached hydrogens (tertiary/aromatic N) is 2. The van der Waals surface area contributed by atoms with Crippen molar-refractivity contribution < 1.29 is 13.9 Å². The van der Waals surface area contributed by atoms with Gasteiger partial charge in [-0.05, 0) is 50.9 Å². The van der Waals surface area contributed by atoms with Gasteiger partial charge in [0, 0.05) is 31.9 Å². The molecule has 1 aliphatic heterocycles. The van der Waals surface area contributed by atoms with Crippen LogP contribution in [-0.4, -0.2) is 72.5 Å². The second kappa shape index (κ2) is 10.6. The number of halogens is 1. The molecule has 164 valence electrons. The minimum atomic E-state index is -0.533. The summed E-state index contributed by atoms with van der Waals surface area (Å²) in [5.74, 6) is -0.571. The molecule has 3 rings (SSSR count). The summed E-state index contributed by atoms with van der Waals surface area (Å²) in [7, 11) is 0. The molecule has 0 bridgehead atoms. The molecule has 8 nitrogen and oxygen atoms in total. The average molecular weight is 419 g/mol. The van der Waals surface area contributed by atoms with E-state index in [9.17, 15) is 9.18 Å². The zero-order valence-electron chi connectivity index (χ0n) is 17.4. The van der Waals surface area contributed by atoms with Crippen LogP contribution in [0.4, 0.5) is 4.39 Å². The summed E-state index contributed by atoms with van der Waals surface area (Å²) in [4.78, 5) is 19.0. The zero-order valence-corrected chi connectivity index (χ0v) is 17.4. The first-order valence-corrected chi connectivity index (χ1v) is 10.5. The lowest BCUT2D eigenvalue weighted by molar-refractivity contribution is -0.146. The number of aromatic nitrogens is 1. The quantitative estimate of drug-likeness (QED) is 0.331. The second-order valence-corrected chi connectivity index (χ2v) is 7.63. The molecule has 2 heterocycles. The molecule has 1 aromatic heterocycles. The predicted molar refractivity (Wildman–Crippen MR) is 114 cm³/mol. The largest absolute Gasteiger partial charge is 0.383 e. The number of morpholine rings is 1. The van der Waals surface area contributed by atoms with E-state index in [4.69, 9.17) is 15.9 Å². The lowest BCUT2D eigenvalue weighted by Crippen LogP contribution is -2.54. The summed E-state index contributed by atoms with van der Waals surface area (Å²) in [5, 5.41) is 15.0. The lowest BCUT2D eigenvalue weighted by Gasteiger charge is -2.34. The molecule has 0 aromatic carbocycles. The van der Waals surface area contributed by atoms with Crippen LogP contribution in [-0.2, 0) is 9.53 Å². The summed E-state index contributed by atoms with van der Waals surface area (Å²) in [6.07, 6.45) is 5.09. The van der Waals surface area contributed by atoms with Crippen molar-refractivity contribution in [2.45, 2.75) is 44.4 Å². The van der Waals surface area contributed by atoms with Gasteiger partial charge in [-0.1, -0.05) is 0 Å². The normalized spacial score (nSPS) is 20.5. The molecule has 1 aliphatic carbocycles. The summed E-state index contributed by atoms with van der Waals surface area (Å²) in [5.41, 5.74) is 6.33. The number of carbonyl (C=O) groups is 1. The third-order valence-corrected chi connectivity index (χ3v) is 5.27. The van der Waals surface area contributed by atoms with Crippen LogP contribution in [0.2, 0.25) is 0 Å². The van der Waals surface area contributed by atoms with Crippen molar-refractivity contribution in [2.75, 3.05) is 32.8 Å². The number of hydrogen-bond donors (Lipinski definition) is 4. The number of rotatable bonds is 10. The van der Waals surface area contributed by atoms with Crippen LogP contribution in [0.3, 0.4) is 0 Å². The van der Waals surface area contributed by atoms with Crippen molar-refractivity contribution in [3.05, 3.63) is 35.9 Å². The summed E-state index contributed by atoms with van der Waals surface area (Å²) in [6.45, 7) is 4.56. The first-order valence-electron chi connectivity index (χ1n) is 10.5. The highest BCUT2D eigenvalue weighted by Crippen LogP contribution is 2.30. The average Bonchev–Trinajstić information content (AvgIpc) is 3.59. The third-order valence-electron chi connectivity index (χ3n) is 5.27. The van der Waals surface area contributed by atoms with E-state index in [1.807, 2.05) is 6.92 Å². The van der Waals surface area contributed by atoms with Crippen LogP contribution >= 0.6 is 0 Å². The SMILES string of the molecule is C[C@H](C(=N)/C=C(\NCCCN)c1ncccc1F)N(C(=O)[C@H]1CNCCO1)C1CC1. The van der Waals surface area contributed by atoms with Crippen LogP contribution in [0.25, 0.3) is 5.70 Å². The molecule has 1 saturated heterocycles. The van der Waals surface area contributed by atoms with E-state index >= 15 is 0 Å². The van der Waals surface area contributed by atoms with Gasteiger partial charge in [0.25, 0.3) is 5.91 Å². The summed E-state index contributed by atoms with van der Waals surface area (Å²) >= 11 is 0. The molecule has 0 radical (unpaired) electrons. The van der Waals surface area contributed by atoms with Gasteiger partial charge < -0.3 is 31.4 Å². The van der Waals surface area contributed by atoms with Gasteiger partial charge >= 0.3 is 0 Å². The van der Waals surface area contributed by atoms with Crippen LogP contribution in [0.1, 0.15) is 31.9 Å². The highest BCUT2D eigenvalue weighted by Gasteiger charge is 2.40. The van der Waals surface area contributed by atoms with E-state index in [-0.39, 0.29) is 23.4 Å². The zero-order chi connectivity index (χ0) is 21.5. The van der Waals surface area contributed by atoms with E-state index < -0.39 is 18.0 Å². The number of pyridine rings is 1. The minimum Gasteiger partial charge on any atom is -0.383 e. The van der Waals surface area contributed by atoms with Crippen LogP contribution < -0.4 is 16.4 Å². The Bertz CT molecular complexity index is 777. The Labute approximate surface area is 176 Å². The molecule has 2 aliphatic rings. The highest BCUT2D eigenvalue weighted by atomic mass is 19.1. The van der Waals surface area contributed by atoms with Crippen molar-refractivity contribution >= 4 is 17.3 Å². The first kappa shape index (κ1) is 22.3. The van der Waals surface area contributed by atoms with Gasteiger partial charge in [0.2, 0.25) is 0 Å². The van der Waals surface area contributed by atoms with Crippen molar-refractivity contribution in [3.8, 4) is 0 Å². The topological polar surface area (TPSA) is 116 Å². The second-order valence-electron chi connectivity index (χ2n) is 7.63. The Hall–Kier alpha value is -2.36. The predicted octanol–water partition coefficient (Wildman–Crippen LogP) is 0.888. The molecule has 1 amide bonds. The molecule has 0 spiro atoms. The molecule has 5 N–H and O–H groups in total. The molecule has 1 aromatic rings. The Balaban J connectivity index is 1.80. The molecular weight excluding hydrogens is 387 g/mol. The highest BCUT2D eigenvalue weighted by molar-refractivity contribution is 6.03. The van der Waals surface area contributed by atoms with Crippen LogP contribution in [0, 0.1) is 11.2 Å². The van der Waals surface area contributed by atoms with Crippen molar-refractivity contribution in [3.63, 3.8) is 0 Å². The van der Waals surface area contributed by atoms with Crippen molar-refractivity contribution in [1.29, 1.82) is 5.41 Å². The summed E-state index contributed by atoms with van der Waals surface area (Å²) < 4.78 is 20.0. The van der Waals surface area contributed by atoms with E-state index in [2.05, 4.69) is 15.6 Å². The van der Waals surface area contributed by atoms with Gasteiger partial charge in [0.15, 0.2) is 5.82 Å². The molecule has 9 heteroatoms. The number of carbonyl (C=O) groups excluding carboxylic acids is 1. The maximum absolute atomic E-state index is 14.3. The maximum Gasteiger partial charge on any atom is 0.253 e. The monoisotopic (exact) mass is 418 g/mol. The number of hydrogen-bond acceptors (Lipinski definition) is 7. The fraction of sp³-hybridized carbons (Fsp3) is 0.571. The Morgan fingerprint density at radius 3 is 3.00 bits per heavy atom. The van der Waals surface area contributed by atoms with Gasteiger partial charge in [-0.2, -0.15) is 0 Å².